The summed E-state index contributed by atoms with van der Waals surface area (Å²) in [6.45, 7) is 7.81. The maximum absolute atomic E-state index is 12.6. The van der Waals surface area contributed by atoms with Gasteiger partial charge in [-0.3, -0.25) is 4.79 Å². The van der Waals surface area contributed by atoms with Crippen LogP contribution in [-0.4, -0.2) is 77.0 Å². The van der Waals surface area contributed by atoms with E-state index in [0.29, 0.717) is 18.2 Å². The van der Waals surface area contributed by atoms with E-state index < -0.39 is 0 Å². The molecule has 2 saturated heterocycles. The van der Waals surface area contributed by atoms with Crippen molar-refractivity contribution in [2.45, 2.75) is 32.6 Å². The number of likely N-dealkylation sites (N-methyl/N-ethyl adjacent to an activating group) is 1. The molecule has 0 bridgehead atoms. The van der Waals surface area contributed by atoms with Crippen molar-refractivity contribution >= 4 is 22.8 Å². The number of rotatable bonds is 4. The predicted molar refractivity (Wildman–Crippen MR) is 107 cm³/mol. The second-order valence-electron chi connectivity index (χ2n) is 7.91. The Morgan fingerprint density at radius 3 is 2.59 bits per heavy atom. The maximum Gasteiger partial charge on any atom is 0.222 e. The molecule has 0 spiro atoms. The van der Waals surface area contributed by atoms with Gasteiger partial charge < -0.3 is 19.7 Å². The molecule has 0 aromatic carbocycles. The summed E-state index contributed by atoms with van der Waals surface area (Å²) in [7, 11) is 2.12. The van der Waals surface area contributed by atoms with Gasteiger partial charge in [-0.25, -0.2) is 9.97 Å². The van der Waals surface area contributed by atoms with Gasteiger partial charge in [-0.2, -0.15) is 0 Å². The second kappa shape index (κ2) is 7.84. The van der Waals surface area contributed by atoms with Crippen molar-refractivity contribution in [2.75, 3.05) is 51.2 Å². The number of nitrogens with one attached hydrogen (secondary N) is 1. The third-order valence-electron chi connectivity index (χ3n) is 6.15. The zero-order valence-electron chi connectivity index (χ0n) is 16.4. The van der Waals surface area contributed by atoms with Crippen molar-refractivity contribution in [3.63, 3.8) is 0 Å². The van der Waals surface area contributed by atoms with Crippen molar-refractivity contribution in [1.29, 1.82) is 0 Å². The number of piperidine rings is 1. The highest BCUT2D eigenvalue weighted by Crippen LogP contribution is 2.31. The minimum atomic E-state index is 0.338. The van der Waals surface area contributed by atoms with Crippen molar-refractivity contribution in [3.8, 4) is 0 Å². The van der Waals surface area contributed by atoms with Crippen LogP contribution in [0.2, 0.25) is 0 Å². The van der Waals surface area contributed by atoms with Gasteiger partial charge in [0, 0.05) is 51.9 Å². The topological polar surface area (TPSA) is 68.4 Å². The third kappa shape index (κ3) is 3.78. The number of fused-ring (bicyclic) bond motifs is 1. The Bertz CT molecular complexity index is 787. The summed E-state index contributed by atoms with van der Waals surface area (Å²) in [5.74, 6) is 1.87. The molecular weight excluding hydrogens is 340 g/mol. The molecule has 0 saturated carbocycles. The third-order valence-corrected chi connectivity index (χ3v) is 6.15. The molecule has 1 amide bonds. The van der Waals surface area contributed by atoms with Gasteiger partial charge in [0.25, 0.3) is 0 Å². The van der Waals surface area contributed by atoms with E-state index in [0.717, 1.165) is 75.4 Å². The number of anilines is 1. The molecule has 146 valence electrons. The van der Waals surface area contributed by atoms with Gasteiger partial charge in [0.15, 0.2) is 0 Å². The first-order chi connectivity index (χ1) is 13.2. The van der Waals surface area contributed by atoms with E-state index in [1.54, 1.807) is 6.33 Å². The molecular formula is C20H30N6O. The molecule has 1 N–H and O–H groups in total. The summed E-state index contributed by atoms with van der Waals surface area (Å²) in [4.78, 5) is 31.5. The number of aromatic amines is 1. The van der Waals surface area contributed by atoms with Gasteiger partial charge in [-0.05, 0) is 37.8 Å². The lowest BCUT2D eigenvalue weighted by Gasteiger charge is -2.36. The van der Waals surface area contributed by atoms with Crippen molar-refractivity contribution in [1.82, 2.24) is 24.8 Å². The van der Waals surface area contributed by atoms with E-state index in [2.05, 4.69) is 38.7 Å². The van der Waals surface area contributed by atoms with Crippen LogP contribution < -0.4 is 4.90 Å². The Labute approximate surface area is 160 Å². The maximum atomic E-state index is 12.6. The number of amides is 1. The lowest BCUT2D eigenvalue weighted by Crippen LogP contribution is -2.47. The van der Waals surface area contributed by atoms with Gasteiger partial charge >= 0.3 is 0 Å². The van der Waals surface area contributed by atoms with Crippen molar-refractivity contribution in [3.05, 3.63) is 18.1 Å². The standard InChI is InChI=1S/C20H30N6O/c1-3-16-13-21-19-18(16)20(23-14-22-19)26-6-4-15(5-7-26)12-17(27)25-10-8-24(2)9-11-25/h13-15H,3-12H2,1-2H3,(H,21,22,23). The van der Waals surface area contributed by atoms with Crippen molar-refractivity contribution < 1.29 is 4.79 Å². The molecule has 2 aliphatic rings. The first-order valence-electron chi connectivity index (χ1n) is 10.2. The molecule has 0 unspecified atom stereocenters. The fraction of sp³-hybridized carbons (Fsp3) is 0.650. The van der Waals surface area contributed by atoms with Crippen LogP contribution in [0.4, 0.5) is 5.82 Å². The molecule has 0 atom stereocenters. The van der Waals surface area contributed by atoms with Gasteiger partial charge in [0.2, 0.25) is 5.91 Å². The first-order valence-corrected chi connectivity index (χ1v) is 10.2. The van der Waals surface area contributed by atoms with Crippen LogP contribution in [0.1, 0.15) is 31.7 Å². The van der Waals surface area contributed by atoms with E-state index in [4.69, 9.17) is 0 Å². The van der Waals surface area contributed by atoms with Crippen LogP contribution in [0.3, 0.4) is 0 Å². The van der Waals surface area contributed by atoms with Crippen LogP contribution in [0, 0.1) is 5.92 Å². The highest BCUT2D eigenvalue weighted by molar-refractivity contribution is 5.90. The molecule has 7 nitrogen and oxygen atoms in total. The summed E-state index contributed by atoms with van der Waals surface area (Å²) in [5.41, 5.74) is 2.19. The summed E-state index contributed by atoms with van der Waals surface area (Å²) < 4.78 is 0. The Kier molecular flexibility index (Phi) is 5.29. The quantitative estimate of drug-likeness (QED) is 0.890. The first kappa shape index (κ1) is 18.2. The fourth-order valence-electron chi connectivity index (χ4n) is 4.31. The van der Waals surface area contributed by atoms with Crippen LogP contribution in [0.5, 0.6) is 0 Å². The number of aryl methyl sites for hydroxylation is 1. The largest absolute Gasteiger partial charge is 0.356 e. The molecule has 4 rings (SSSR count). The number of piperazine rings is 1. The van der Waals surface area contributed by atoms with Crippen LogP contribution >= 0.6 is 0 Å². The van der Waals surface area contributed by atoms with E-state index in [9.17, 15) is 4.79 Å². The van der Waals surface area contributed by atoms with Gasteiger partial charge in [0.1, 0.15) is 17.8 Å². The number of hydrogen-bond donors (Lipinski definition) is 1. The number of carbonyl (C=O) groups excluding carboxylic acids is 1. The van der Waals surface area contributed by atoms with Gasteiger partial charge in [-0.1, -0.05) is 6.92 Å². The number of hydrogen-bond acceptors (Lipinski definition) is 5. The second-order valence-corrected chi connectivity index (χ2v) is 7.91. The predicted octanol–water partition coefficient (Wildman–Crippen LogP) is 1.90. The van der Waals surface area contributed by atoms with Crippen LogP contribution in [0.15, 0.2) is 12.5 Å². The fourth-order valence-corrected chi connectivity index (χ4v) is 4.31. The zero-order valence-corrected chi connectivity index (χ0v) is 16.4. The lowest BCUT2D eigenvalue weighted by atomic mass is 9.92. The summed E-state index contributed by atoms with van der Waals surface area (Å²) in [5, 5.41) is 1.16. The van der Waals surface area contributed by atoms with E-state index in [1.165, 1.54) is 5.56 Å². The molecule has 4 heterocycles. The normalized spacial score (nSPS) is 19.8. The lowest BCUT2D eigenvalue weighted by molar-refractivity contribution is -0.133. The highest BCUT2D eigenvalue weighted by atomic mass is 16.2. The molecule has 7 heteroatoms. The molecule has 27 heavy (non-hydrogen) atoms. The summed E-state index contributed by atoms with van der Waals surface area (Å²) in [6, 6.07) is 0. The average Bonchev–Trinajstić information content (AvgIpc) is 3.12. The Morgan fingerprint density at radius 2 is 1.89 bits per heavy atom. The van der Waals surface area contributed by atoms with E-state index in [1.807, 2.05) is 11.1 Å². The Morgan fingerprint density at radius 1 is 1.15 bits per heavy atom. The monoisotopic (exact) mass is 370 g/mol. The molecule has 2 fully saturated rings. The van der Waals surface area contributed by atoms with Crippen molar-refractivity contribution in [2.24, 2.45) is 5.92 Å². The minimum absolute atomic E-state index is 0.338. The molecule has 2 aliphatic heterocycles. The van der Waals surface area contributed by atoms with Crippen LogP contribution in [-0.2, 0) is 11.2 Å². The SMILES string of the molecule is CCc1c[nH]c2ncnc(N3CCC(CC(=O)N4CCN(C)CC4)CC3)c12. The van der Waals surface area contributed by atoms with E-state index in [-0.39, 0.29) is 0 Å². The van der Waals surface area contributed by atoms with Gasteiger partial charge in [-0.15, -0.1) is 0 Å². The Hall–Kier alpha value is -2.15. The zero-order chi connectivity index (χ0) is 18.8. The summed E-state index contributed by atoms with van der Waals surface area (Å²) in [6.07, 6.45) is 7.46. The number of nitrogens with zero attached hydrogens (tertiary/aromatic N) is 5. The molecule has 0 aliphatic carbocycles. The highest BCUT2D eigenvalue weighted by Gasteiger charge is 2.27. The van der Waals surface area contributed by atoms with Crippen LogP contribution in [0.25, 0.3) is 11.0 Å². The van der Waals surface area contributed by atoms with Gasteiger partial charge in [0.05, 0.1) is 5.39 Å². The molecule has 2 aromatic rings. The smallest absolute Gasteiger partial charge is 0.222 e. The molecule has 0 radical (unpaired) electrons. The minimum Gasteiger partial charge on any atom is -0.356 e. The number of carbonyl (C=O) groups is 1. The summed E-state index contributed by atoms with van der Waals surface area (Å²) >= 11 is 0. The van der Waals surface area contributed by atoms with E-state index >= 15 is 0 Å². The number of aromatic nitrogens is 3. The molecule has 2 aromatic heterocycles. The number of H-pyrrole nitrogens is 1. The average molecular weight is 371 g/mol. The Balaban J connectivity index is 1.37.